The van der Waals surface area contributed by atoms with Crippen molar-refractivity contribution in [1.82, 2.24) is 14.9 Å². The average Bonchev–Trinajstić information content (AvgIpc) is 2.78. The van der Waals surface area contributed by atoms with Crippen LogP contribution in [0.25, 0.3) is 0 Å². The van der Waals surface area contributed by atoms with E-state index in [9.17, 15) is 19.5 Å². The molecule has 0 aliphatic carbocycles. The van der Waals surface area contributed by atoms with Gasteiger partial charge in [0.1, 0.15) is 5.75 Å². The molecular weight excluding hydrogens is 476 g/mol. The molecule has 0 saturated heterocycles. The molecule has 35 heavy (non-hydrogen) atoms. The van der Waals surface area contributed by atoms with Crippen LogP contribution >= 0.6 is 11.6 Å². The van der Waals surface area contributed by atoms with Gasteiger partial charge in [-0.05, 0) is 55.8 Å². The Kier molecular flexibility index (Phi) is 8.32. The van der Waals surface area contributed by atoms with Crippen molar-refractivity contribution in [2.24, 2.45) is 4.99 Å². The van der Waals surface area contributed by atoms with Crippen molar-refractivity contribution in [2.75, 3.05) is 6.54 Å². The van der Waals surface area contributed by atoms with E-state index in [1.807, 2.05) is 13.8 Å². The Balaban J connectivity index is 2.07. The van der Waals surface area contributed by atoms with E-state index in [1.165, 1.54) is 4.57 Å². The van der Waals surface area contributed by atoms with Gasteiger partial charge in [-0.25, -0.2) is 4.99 Å². The van der Waals surface area contributed by atoms with Crippen LogP contribution in [0.1, 0.15) is 36.2 Å². The highest BCUT2D eigenvalue weighted by molar-refractivity contribution is 6.30. The molecule has 0 atom stereocenters. The molecule has 3 rings (SSSR count). The zero-order valence-electron chi connectivity index (χ0n) is 19.1. The summed E-state index contributed by atoms with van der Waals surface area (Å²) in [4.78, 5) is 43.6. The Morgan fingerprint density at radius 1 is 1.14 bits per heavy atom. The third-order valence-corrected chi connectivity index (χ3v) is 4.98. The first kappa shape index (κ1) is 25.6. The lowest BCUT2D eigenvalue weighted by atomic mass is 10.2. The number of carboxylic acid groups (broad SMARTS) is 1. The van der Waals surface area contributed by atoms with Crippen molar-refractivity contribution in [1.29, 1.82) is 0 Å². The van der Waals surface area contributed by atoms with E-state index in [1.54, 1.807) is 48.5 Å². The van der Waals surface area contributed by atoms with Crippen LogP contribution in [-0.2, 0) is 11.3 Å². The molecule has 1 aromatic heterocycles. The largest absolute Gasteiger partial charge is 0.494 e. The molecular formula is C24H25ClN4O6. The number of nitrogens with zero attached hydrogens (tertiary/aromatic N) is 2. The summed E-state index contributed by atoms with van der Waals surface area (Å²) in [5.74, 6) is -2.05. The summed E-state index contributed by atoms with van der Waals surface area (Å²) in [5, 5.41) is 22.1. The van der Waals surface area contributed by atoms with E-state index in [0.717, 1.165) is 0 Å². The molecule has 1 amide bonds. The number of nitrogens with one attached hydrogen (secondary N) is 2. The van der Waals surface area contributed by atoms with Crippen LogP contribution in [0.5, 0.6) is 11.6 Å². The van der Waals surface area contributed by atoms with Crippen LogP contribution in [0.15, 0.2) is 58.3 Å². The highest BCUT2D eigenvalue weighted by Crippen LogP contribution is 2.19. The fourth-order valence-corrected chi connectivity index (χ4v) is 3.27. The minimum Gasteiger partial charge on any atom is -0.494 e. The van der Waals surface area contributed by atoms with Crippen molar-refractivity contribution in [2.45, 2.75) is 32.9 Å². The van der Waals surface area contributed by atoms with E-state index in [4.69, 9.17) is 21.4 Å². The highest BCUT2D eigenvalue weighted by atomic mass is 35.5. The number of hydrogen-bond donors (Lipinski definition) is 4. The van der Waals surface area contributed by atoms with Gasteiger partial charge in [-0.2, -0.15) is 0 Å². The number of aliphatic carboxylic acids is 1. The molecule has 0 bridgehead atoms. The predicted molar refractivity (Wildman–Crippen MR) is 129 cm³/mol. The van der Waals surface area contributed by atoms with Gasteiger partial charge in [-0.1, -0.05) is 23.7 Å². The standard InChI is InChI=1S/C24H25ClN4O6/c1-14(2)35-18-9-7-17(8-10-18)27-24-28-22(33)20(21(32)26-12-11-19(30)31)23(34)29(24)13-15-3-5-16(25)6-4-15/h3-10,14,33H,11-13H2,1-2H3,(H,26,32)(H,27,28)(H,30,31). The first-order chi connectivity index (χ1) is 16.6. The monoisotopic (exact) mass is 500 g/mol. The van der Waals surface area contributed by atoms with Gasteiger partial charge in [-0.3, -0.25) is 23.9 Å². The summed E-state index contributed by atoms with van der Waals surface area (Å²) in [6.07, 6.45) is -0.333. The average molecular weight is 501 g/mol. The van der Waals surface area contributed by atoms with Crippen LogP contribution in [-0.4, -0.2) is 44.3 Å². The number of carbonyl (C=O) groups excluding carboxylic acids is 1. The van der Waals surface area contributed by atoms with Crippen LogP contribution in [0.4, 0.5) is 5.69 Å². The molecule has 11 heteroatoms. The first-order valence-electron chi connectivity index (χ1n) is 10.8. The van der Waals surface area contributed by atoms with Gasteiger partial charge in [0.2, 0.25) is 11.5 Å². The zero-order chi connectivity index (χ0) is 25.5. The van der Waals surface area contributed by atoms with E-state index >= 15 is 0 Å². The second-order valence-electron chi connectivity index (χ2n) is 7.86. The van der Waals surface area contributed by atoms with Gasteiger partial charge >= 0.3 is 5.97 Å². The Morgan fingerprint density at radius 3 is 2.40 bits per heavy atom. The van der Waals surface area contributed by atoms with Crippen LogP contribution in [0.3, 0.4) is 0 Å². The third-order valence-electron chi connectivity index (χ3n) is 4.73. The molecule has 0 radical (unpaired) electrons. The van der Waals surface area contributed by atoms with Gasteiger partial charge in [0.05, 0.1) is 24.8 Å². The Bertz CT molecular complexity index is 1330. The number of carbonyl (C=O) groups is 2. The van der Waals surface area contributed by atoms with Crippen molar-refractivity contribution < 1.29 is 24.5 Å². The van der Waals surface area contributed by atoms with Gasteiger partial charge in [0.15, 0.2) is 5.56 Å². The molecule has 2 aromatic carbocycles. The summed E-state index contributed by atoms with van der Waals surface area (Å²) in [5.41, 5.74) is -0.182. The minimum atomic E-state index is -1.11. The van der Waals surface area contributed by atoms with Crippen LogP contribution < -0.4 is 21.2 Å². The lowest BCUT2D eigenvalue weighted by Crippen LogP contribution is -2.41. The number of carboxylic acids is 1. The smallest absolute Gasteiger partial charge is 0.305 e. The summed E-state index contributed by atoms with van der Waals surface area (Å²) >= 11 is 5.96. The number of aromatic nitrogens is 2. The predicted octanol–water partition coefficient (Wildman–Crippen LogP) is 2.81. The molecule has 184 valence electrons. The van der Waals surface area contributed by atoms with Crippen LogP contribution in [0.2, 0.25) is 5.02 Å². The minimum absolute atomic E-state index is 0.00168. The van der Waals surface area contributed by atoms with E-state index in [0.29, 0.717) is 22.0 Å². The Hall–Kier alpha value is -4.05. The molecule has 3 aromatic rings. The number of aromatic hydroxyl groups is 1. The maximum absolute atomic E-state index is 13.3. The quantitative estimate of drug-likeness (QED) is 0.355. The summed E-state index contributed by atoms with van der Waals surface area (Å²) in [7, 11) is 0. The second-order valence-corrected chi connectivity index (χ2v) is 8.30. The molecule has 0 saturated carbocycles. The maximum atomic E-state index is 13.3. The number of halogens is 1. The number of aromatic amines is 1. The highest BCUT2D eigenvalue weighted by Gasteiger charge is 2.20. The second kappa shape index (κ2) is 11.4. The molecule has 0 aliphatic heterocycles. The molecule has 4 N–H and O–H groups in total. The van der Waals surface area contributed by atoms with Gasteiger partial charge in [0.25, 0.3) is 11.5 Å². The SMILES string of the molecule is CC(C)Oc1ccc(/N=c2\[nH]c(O)c(C(=O)NCCC(=O)O)c(=O)n2Cc2ccc(Cl)cc2)cc1. The van der Waals surface area contributed by atoms with Crippen molar-refractivity contribution in [3.63, 3.8) is 0 Å². The molecule has 0 spiro atoms. The normalized spacial score (nSPS) is 11.5. The van der Waals surface area contributed by atoms with Crippen molar-refractivity contribution in [3.8, 4) is 11.6 Å². The molecule has 1 heterocycles. The number of H-pyrrole nitrogens is 1. The molecule has 0 aliphatic rings. The maximum Gasteiger partial charge on any atom is 0.305 e. The molecule has 0 fully saturated rings. The number of benzene rings is 2. The first-order valence-corrected chi connectivity index (χ1v) is 11.1. The Morgan fingerprint density at radius 2 is 1.80 bits per heavy atom. The fraction of sp³-hybridized carbons (Fsp3) is 0.250. The van der Waals surface area contributed by atoms with Gasteiger partial charge < -0.3 is 20.3 Å². The van der Waals surface area contributed by atoms with Crippen molar-refractivity contribution >= 4 is 29.2 Å². The lowest BCUT2D eigenvalue weighted by Gasteiger charge is -2.12. The summed E-state index contributed by atoms with van der Waals surface area (Å²) in [6.45, 7) is 3.63. The zero-order valence-corrected chi connectivity index (χ0v) is 19.9. The third kappa shape index (κ3) is 6.97. The molecule has 10 nitrogen and oxygen atoms in total. The van der Waals surface area contributed by atoms with Crippen LogP contribution in [0, 0.1) is 0 Å². The van der Waals surface area contributed by atoms with Gasteiger partial charge in [-0.15, -0.1) is 0 Å². The fourth-order valence-electron chi connectivity index (χ4n) is 3.15. The number of ether oxygens (including phenoxy) is 1. The topological polar surface area (TPSA) is 146 Å². The van der Waals surface area contributed by atoms with Crippen molar-refractivity contribution in [3.05, 3.63) is 80.7 Å². The number of hydrogen-bond acceptors (Lipinski definition) is 6. The number of amides is 1. The van der Waals surface area contributed by atoms with E-state index in [-0.39, 0.29) is 31.2 Å². The van der Waals surface area contributed by atoms with E-state index in [2.05, 4.69) is 15.3 Å². The van der Waals surface area contributed by atoms with E-state index < -0.39 is 28.9 Å². The van der Waals surface area contributed by atoms with Gasteiger partial charge in [0, 0.05) is 11.6 Å². The summed E-state index contributed by atoms with van der Waals surface area (Å²) in [6, 6.07) is 13.6. The summed E-state index contributed by atoms with van der Waals surface area (Å²) < 4.78 is 6.82. The Labute approximate surface area is 205 Å². The number of rotatable bonds is 9. The molecule has 0 unspecified atom stereocenters. The lowest BCUT2D eigenvalue weighted by molar-refractivity contribution is -0.136.